The van der Waals surface area contributed by atoms with Gasteiger partial charge < -0.3 is 20.3 Å². The number of nitrogens with one attached hydrogen (secondary N) is 2. The first-order valence-electron chi connectivity index (χ1n) is 9.38. The monoisotopic (exact) mass is 351 g/mol. The summed E-state index contributed by atoms with van der Waals surface area (Å²) >= 11 is 0. The number of amides is 2. The quantitative estimate of drug-likeness (QED) is 0.799. The van der Waals surface area contributed by atoms with Crippen LogP contribution < -0.4 is 10.6 Å². The molecule has 25 heavy (non-hydrogen) atoms. The normalized spacial score (nSPS) is 22.6. The van der Waals surface area contributed by atoms with Crippen LogP contribution in [0.3, 0.4) is 0 Å². The molecule has 2 atom stereocenters. The summed E-state index contributed by atoms with van der Waals surface area (Å²) in [6.07, 6.45) is 5.52. The van der Waals surface area contributed by atoms with Crippen molar-refractivity contribution in [2.45, 2.75) is 77.5 Å². The van der Waals surface area contributed by atoms with Gasteiger partial charge in [0, 0.05) is 19.3 Å². The average molecular weight is 351 g/mol. The standard InChI is InChI=1S/C19H33N3O3/c1-13(22-12-8-11-15(22)17(23)20-5)16(19(2,3)4)21-18(24)25-14-9-6-7-10-14/h14-16H,1,6-12H2,2-5H3,(H,20,23)(H,21,24)/t15-,16+/m0/s1. The van der Waals surface area contributed by atoms with Crippen LogP contribution in [0.1, 0.15) is 59.3 Å². The summed E-state index contributed by atoms with van der Waals surface area (Å²) in [5.41, 5.74) is 0.545. The average Bonchev–Trinajstić information content (AvgIpc) is 3.21. The molecule has 142 valence electrons. The molecule has 0 aromatic heterocycles. The number of hydrogen-bond acceptors (Lipinski definition) is 4. The van der Waals surface area contributed by atoms with Crippen molar-refractivity contribution in [2.24, 2.45) is 5.41 Å². The fourth-order valence-electron chi connectivity index (χ4n) is 3.82. The van der Waals surface area contributed by atoms with Gasteiger partial charge in [0.25, 0.3) is 0 Å². The fourth-order valence-corrected chi connectivity index (χ4v) is 3.82. The molecule has 2 fully saturated rings. The zero-order valence-corrected chi connectivity index (χ0v) is 16.1. The van der Waals surface area contributed by atoms with Crippen LogP contribution in [0.4, 0.5) is 4.79 Å². The van der Waals surface area contributed by atoms with Gasteiger partial charge in [-0.25, -0.2) is 4.79 Å². The number of carbonyl (C=O) groups is 2. The largest absolute Gasteiger partial charge is 0.446 e. The molecule has 1 aliphatic heterocycles. The van der Waals surface area contributed by atoms with E-state index in [1.807, 2.05) is 4.90 Å². The molecule has 0 spiro atoms. The molecule has 0 radical (unpaired) electrons. The van der Waals surface area contributed by atoms with Gasteiger partial charge in [-0.15, -0.1) is 0 Å². The van der Waals surface area contributed by atoms with Crippen molar-refractivity contribution < 1.29 is 14.3 Å². The maximum absolute atomic E-state index is 12.4. The van der Waals surface area contributed by atoms with Crippen molar-refractivity contribution >= 4 is 12.0 Å². The third-order valence-electron chi connectivity index (χ3n) is 5.21. The van der Waals surface area contributed by atoms with E-state index in [-0.39, 0.29) is 35.6 Å². The molecule has 2 aliphatic rings. The number of hydrogen-bond donors (Lipinski definition) is 2. The Morgan fingerprint density at radius 2 is 1.80 bits per heavy atom. The summed E-state index contributed by atoms with van der Waals surface area (Å²) in [5.74, 6) is -0.000147. The fraction of sp³-hybridized carbons (Fsp3) is 0.789. The Hall–Kier alpha value is -1.72. The van der Waals surface area contributed by atoms with Gasteiger partial charge in [0.2, 0.25) is 5.91 Å². The molecular weight excluding hydrogens is 318 g/mol. The first-order valence-corrected chi connectivity index (χ1v) is 9.38. The van der Waals surface area contributed by atoms with Crippen LogP contribution in [-0.2, 0) is 9.53 Å². The van der Waals surface area contributed by atoms with Gasteiger partial charge in [-0.3, -0.25) is 4.79 Å². The van der Waals surface area contributed by atoms with Gasteiger partial charge in [-0.1, -0.05) is 27.4 Å². The Kier molecular flexibility index (Phi) is 6.36. The van der Waals surface area contributed by atoms with E-state index in [2.05, 4.69) is 38.0 Å². The third kappa shape index (κ3) is 4.89. The lowest BCUT2D eigenvalue weighted by Crippen LogP contribution is -2.52. The predicted molar refractivity (Wildman–Crippen MR) is 98.1 cm³/mol. The third-order valence-corrected chi connectivity index (χ3v) is 5.21. The van der Waals surface area contributed by atoms with E-state index in [0.717, 1.165) is 50.8 Å². The van der Waals surface area contributed by atoms with Gasteiger partial charge in [0.1, 0.15) is 12.1 Å². The molecule has 2 rings (SSSR count). The summed E-state index contributed by atoms with van der Waals surface area (Å²) < 4.78 is 5.56. The van der Waals surface area contributed by atoms with E-state index in [1.54, 1.807) is 7.05 Å². The van der Waals surface area contributed by atoms with E-state index >= 15 is 0 Å². The molecule has 1 heterocycles. The Morgan fingerprint density at radius 1 is 1.16 bits per heavy atom. The van der Waals surface area contributed by atoms with Crippen LogP contribution in [0.2, 0.25) is 0 Å². The number of likely N-dealkylation sites (tertiary alicyclic amines) is 1. The number of carbonyl (C=O) groups excluding carboxylic acids is 2. The molecule has 2 amide bonds. The second-order valence-electron chi connectivity index (χ2n) is 8.21. The van der Waals surface area contributed by atoms with Crippen LogP contribution >= 0.6 is 0 Å². The van der Waals surface area contributed by atoms with Crippen LogP contribution in [0.15, 0.2) is 12.3 Å². The van der Waals surface area contributed by atoms with Gasteiger partial charge in [0.05, 0.1) is 6.04 Å². The first-order chi connectivity index (χ1) is 11.7. The molecule has 0 aromatic rings. The second kappa shape index (κ2) is 8.11. The van der Waals surface area contributed by atoms with Gasteiger partial charge >= 0.3 is 6.09 Å². The molecule has 0 bridgehead atoms. The zero-order chi connectivity index (χ0) is 18.6. The topological polar surface area (TPSA) is 70.7 Å². The minimum atomic E-state index is -0.385. The maximum Gasteiger partial charge on any atom is 0.407 e. The lowest BCUT2D eigenvalue weighted by Gasteiger charge is -2.39. The van der Waals surface area contributed by atoms with Crippen LogP contribution in [0.25, 0.3) is 0 Å². The molecule has 0 unspecified atom stereocenters. The van der Waals surface area contributed by atoms with E-state index in [0.29, 0.717) is 0 Å². The van der Waals surface area contributed by atoms with E-state index in [1.165, 1.54) is 0 Å². The molecule has 2 N–H and O–H groups in total. The van der Waals surface area contributed by atoms with Crippen molar-refractivity contribution in [3.05, 3.63) is 12.3 Å². The predicted octanol–water partition coefficient (Wildman–Crippen LogP) is 2.79. The summed E-state index contributed by atoms with van der Waals surface area (Å²) in [5, 5.41) is 5.73. The van der Waals surface area contributed by atoms with Gasteiger partial charge in [-0.2, -0.15) is 0 Å². The second-order valence-corrected chi connectivity index (χ2v) is 8.21. The van der Waals surface area contributed by atoms with E-state index in [4.69, 9.17) is 4.74 Å². The van der Waals surface area contributed by atoms with Gasteiger partial charge in [0.15, 0.2) is 0 Å². The summed E-state index contributed by atoms with van der Waals surface area (Å²) in [4.78, 5) is 26.6. The van der Waals surface area contributed by atoms with Gasteiger partial charge in [-0.05, 0) is 43.9 Å². The van der Waals surface area contributed by atoms with Crippen LogP contribution in [-0.4, -0.2) is 48.7 Å². The minimum absolute atomic E-state index is 0.000147. The van der Waals surface area contributed by atoms with Crippen molar-refractivity contribution in [1.29, 1.82) is 0 Å². The molecule has 6 nitrogen and oxygen atoms in total. The van der Waals surface area contributed by atoms with Crippen molar-refractivity contribution in [3.8, 4) is 0 Å². The summed E-state index contributed by atoms with van der Waals surface area (Å²) in [6.45, 7) is 11.2. The molecule has 6 heteroatoms. The lowest BCUT2D eigenvalue weighted by molar-refractivity contribution is -0.124. The summed E-state index contributed by atoms with van der Waals surface area (Å²) in [7, 11) is 1.65. The lowest BCUT2D eigenvalue weighted by atomic mass is 9.84. The highest BCUT2D eigenvalue weighted by Crippen LogP contribution is 2.31. The Morgan fingerprint density at radius 3 is 2.36 bits per heavy atom. The smallest absolute Gasteiger partial charge is 0.407 e. The first kappa shape index (κ1) is 19.6. The highest BCUT2D eigenvalue weighted by molar-refractivity contribution is 5.82. The van der Waals surface area contributed by atoms with Crippen molar-refractivity contribution in [2.75, 3.05) is 13.6 Å². The Labute approximate surface area is 151 Å². The molecular formula is C19H33N3O3. The number of ether oxygens (including phenoxy) is 1. The Bertz CT molecular complexity index is 507. The minimum Gasteiger partial charge on any atom is -0.446 e. The summed E-state index contributed by atoms with van der Waals surface area (Å²) in [6, 6.07) is -0.498. The number of likely N-dealkylation sites (N-methyl/N-ethyl adjacent to an activating group) is 1. The number of nitrogens with zero attached hydrogens (tertiary/aromatic N) is 1. The van der Waals surface area contributed by atoms with Crippen LogP contribution in [0.5, 0.6) is 0 Å². The maximum atomic E-state index is 12.4. The molecule has 1 saturated carbocycles. The SMILES string of the molecule is C=C([C@@H](NC(=O)OC1CCCC1)C(C)(C)C)N1CCC[C@H]1C(=O)NC. The molecule has 1 saturated heterocycles. The van der Waals surface area contributed by atoms with Crippen LogP contribution in [0, 0.1) is 5.41 Å². The van der Waals surface area contributed by atoms with E-state index < -0.39 is 0 Å². The highest BCUT2D eigenvalue weighted by Gasteiger charge is 2.38. The number of rotatable bonds is 5. The molecule has 0 aromatic carbocycles. The van der Waals surface area contributed by atoms with Crippen molar-refractivity contribution in [3.63, 3.8) is 0 Å². The zero-order valence-electron chi connectivity index (χ0n) is 16.1. The highest BCUT2D eigenvalue weighted by atomic mass is 16.6. The van der Waals surface area contributed by atoms with E-state index in [9.17, 15) is 9.59 Å². The van der Waals surface area contributed by atoms with Crippen molar-refractivity contribution in [1.82, 2.24) is 15.5 Å². The molecule has 1 aliphatic carbocycles. The number of alkyl carbamates (subject to hydrolysis) is 1. The Balaban J connectivity index is 2.06.